The molecule has 0 amide bonds. The van der Waals surface area contributed by atoms with Crippen LogP contribution >= 0.6 is 11.3 Å². The van der Waals surface area contributed by atoms with Gasteiger partial charge in [0.1, 0.15) is 0 Å². The van der Waals surface area contributed by atoms with Gasteiger partial charge in [0.2, 0.25) is 5.13 Å². The van der Waals surface area contributed by atoms with E-state index < -0.39 is 0 Å². The van der Waals surface area contributed by atoms with E-state index in [1.165, 1.54) is 16.3 Å². The van der Waals surface area contributed by atoms with Crippen LogP contribution in [-0.2, 0) is 7.05 Å². The Labute approximate surface area is 135 Å². The third kappa shape index (κ3) is 2.26. The number of fused-ring (bicyclic) bond motifs is 1. The van der Waals surface area contributed by atoms with Crippen molar-refractivity contribution in [2.24, 2.45) is 12.9 Å². The van der Waals surface area contributed by atoms with Gasteiger partial charge in [-0.15, -0.1) is 11.3 Å². The van der Waals surface area contributed by atoms with Crippen LogP contribution in [0.2, 0.25) is 0 Å². The second-order valence-corrected chi connectivity index (χ2v) is 5.97. The molecule has 0 radical (unpaired) electrons. The summed E-state index contributed by atoms with van der Waals surface area (Å²) in [5.74, 6) is 6.75. The van der Waals surface area contributed by atoms with E-state index in [-0.39, 0.29) is 0 Å². The Bertz CT molecular complexity index is 982. The number of nitrogens with zero attached hydrogens (tertiary/aromatic N) is 7. The lowest BCUT2D eigenvalue weighted by Gasteiger charge is -2.14. The average Bonchev–Trinajstić information content (AvgIpc) is 3.25. The van der Waals surface area contributed by atoms with Gasteiger partial charge in [-0.1, -0.05) is 0 Å². The van der Waals surface area contributed by atoms with E-state index in [0.29, 0.717) is 16.6 Å². The number of imidazole rings is 1. The fourth-order valence-corrected chi connectivity index (χ4v) is 3.11. The summed E-state index contributed by atoms with van der Waals surface area (Å²) in [6.45, 7) is 1.93. The predicted molar refractivity (Wildman–Crippen MR) is 88.4 cm³/mol. The summed E-state index contributed by atoms with van der Waals surface area (Å²) < 4.78 is 3.70. The van der Waals surface area contributed by atoms with Crippen LogP contribution < -0.4 is 10.9 Å². The molecule has 0 aliphatic heterocycles. The molecule has 2 N–H and O–H groups in total. The lowest BCUT2D eigenvalue weighted by Crippen LogP contribution is -2.26. The van der Waals surface area contributed by atoms with Crippen LogP contribution in [0.4, 0.5) is 10.9 Å². The van der Waals surface area contributed by atoms with Crippen molar-refractivity contribution >= 4 is 27.9 Å². The molecule has 116 valence electrons. The van der Waals surface area contributed by atoms with Crippen molar-refractivity contribution in [2.45, 2.75) is 6.92 Å². The first-order chi connectivity index (χ1) is 11.1. The van der Waals surface area contributed by atoms with Crippen molar-refractivity contribution in [2.75, 3.05) is 5.01 Å². The van der Waals surface area contributed by atoms with Gasteiger partial charge in [0.05, 0.1) is 23.8 Å². The Kier molecular flexibility index (Phi) is 3.10. The minimum absolute atomic E-state index is 0.553. The van der Waals surface area contributed by atoms with Crippen LogP contribution in [0.15, 0.2) is 36.4 Å². The Morgan fingerprint density at radius 3 is 2.83 bits per heavy atom. The first kappa shape index (κ1) is 13.9. The van der Waals surface area contributed by atoms with Crippen LogP contribution in [0.25, 0.3) is 16.9 Å². The summed E-state index contributed by atoms with van der Waals surface area (Å²) in [6.07, 6.45) is 9.08. The number of aromatic nitrogens is 6. The van der Waals surface area contributed by atoms with Gasteiger partial charge in [0.25, 0.3) is 0 Å². The third-order valence-corrected chi connectivity index (χ3v) is 4.41. The Hall–Kier alpha value is -2.78. The molecule has 4 rings (SSSR count). The zero-order valence-electron chi connectivity index (χ0n) is 12.6. The Morgan fingerprint density at radius 1 is 1.26 bits per heavy atom. The number of hydrogen-bond acceptors (Lipinski definition) is 7. The predicted octanol–water partition coefficient (Wildman–Crippen LogP) is 1.91. The Balaban J connectivity index is 1.84. The van der Waals surface area contributed by atoms with Gasteiger partial charge >= 0.3 is 0 Å². The maximum absolute atomic E-state index is 6.20. The van der Waals surface area contributed by atoms with Gasteiger partial charge in [-0.05, 0) is 6.92 Å². The highest BCUT2D eigenvalue weighted by Crippen LogP contribution is 2.28. The van der Waals surface area contributed by atoms with E-state index in [9.17, 15) is 0 Å². The maximum atomic E-state index is 6.20. The molecule has 0 aromatic carbocycles. The van der Waals surface area contributed by atoms with Crippen molar-refractivity contribution in [1.29, 1.82) is 0 Å². The number of hydrazine groups is 1. The quantitative estimate of drug-likeness (QED) is 0.457. The first-order valence-corrected chi connectivity index (χ1v) is 7.79. The van der Waals surface area contributed by atoms with E-state index in [4.69, 9.17) is 5.84 Å². The van der Waals surface area contributed by atoms with Gasteiger partial charge in [-0.3, -0.25) is 9.08 Å². The normalized spacial score (nSPS) is 11.3. The number of nitrogens with two attached hydrogens (primary N) is 1. The molecule has 9 heteroatoms. The van der Waals surface area contributed by atoms with E-state index in [1.807, 2.05) is 36.1 Å². The zero-order chi connectivity index (χ0) is 16.0. The minimum atomic E-state index is 0.553. The molecule has 23 heavy (non-hydrogen) atoms. The molecular formula is C14H14N8S. The Morgan fingerprint density at radius 2 is 2.13 bits per heavy atom. The van der Waals surface area contributed by atoms with Crippen LogP contribution in [0.5, 0.6) is 0 Å². The molecule has 0 unspecified atom stereocenters. The van der Waals surface area contributed by atoms with Gasteiger partial charge in [-0.2, -0.15) is 5.10 Å². The second kappa shape index (κ2) is 5.14. The van der Waals surface area contributed by atoms with Crippen LogP contribution in [-0.4, -0.2) is 29.1 Å². The number of hydrogen-bond donors (Lipinski definition) is 1. The molecule has 0 saturated heterocycles. The van der Waals surface area contributed by atoms with Crippen molar-refractivity contribution in [3.8, 4) is 11.3 Å². The lowest BCUT2D eigenvalue weighted by molar-refractivity contribution is 0.768. The smallest absolute Gasteiger partial charge is 0.206 e. The van der Waals surface area contributed by atoms with E-state index >= 15 is 0 Å². The summed E-state index contributed by atoms with van der Waals surface area (Å²) in [5.41, 5.74) is 3.50. The number of rotatable bonds is 3. The molecule has 0 aliphatic carbocycles. The molecule has 8 nitrogen and oxygen atoms in total. The molecule has 0 bridgehead atoms. The van der Waals surface area contributed by atoms with Gasteiger partial charge in [0.15, 0.2) is 11.5 Å². The maximum Gasteiger partial charge on any atom is 0.206 e. The molecule has 0 saturated carbocycles. The van der Waals surface area contributed by atoms with E-state index in [2.05, 4.69) is 20.1 Å². The molecular weight excluding hydrogens is 312 g/mol. The second-order valence-electron chi connectivity index (χ2n) is 5.13. The van der Waals surface area contributed by atoms with Gasteiger partial charge in [-0.25, -0.2) is 25.8 Å². The summed E-state index contributed by atoms with van der Waals surface area (Å²) in [4.78, 5) is 13.2. The molecule has 0 atom stereocenters. The van der Waals surface area contributed by atoms with E-state index in [0.717, 1.165) is 17.0 Å². The average molecular weight is 326 g/mol. The highest BCUT2D eigenvalue weighted by molar-refractivity contribution is 7.13. The lowest BCUT2D eigenvalue weighted by atomic mass is 10.3. The third-order valence-electron chi connectivity index (χ3n) is 3.45. The monoisotopic (exact) mass is 326 g/mol. The van der Waals surface area contributed by atoms with Crippen LogP contribution in [0, 0.1) is 6.92 Å². The fraction of sp³-hybridized carbons (Fsp3) is 0.143. The molecule has 4 aromatic rings. The van der Waals surface area contributed by atoms with E-state index in [1.54, 1.807) is 23.3 Å². The van der Waals surface area contributed by atoms with Gasteiger partial charge in [0, 0.05) is 36.6 Å². The van der Waals surface area contributed by atoms with Crippen molar-refractivity contribution in [3.05, 3.63) is 42.1 Å². The molecule has 4 aromatic heterocycles. The van der Waals surface area contributed by atoms with Crippen LogP contribution in [0.3, 0.4) is 0 Å². The molecule has 0 aliphatic rings. The number of anilines is 2. The number of thiazole rings is 1. The first-order valence-electron chi connectivity index (χ1n) is 6.91. The molecule has 4 heterocycles. The molecule has 0 spiro atoms. The topological polar surface area (TPSA) is 90.2 Å². The summed E-state index contributed by atoms with van der Waals surface area (Å²) in [7, 11) is 1.88. The highest BCUT2D eigenvalue weighted by atomic mass is 32.1. The SMILES string of the molecule is Cc1csc(N(N)c2nccn3c(-c4cnn(C)c4)cnc23)n1. The summed E-state index contributed by atoms with van der Waals surface area (Å²) >= 11 is 1.47. The highest BCUT2D eigenvalue weighted by Gasteiger charge is 2.17. The fourth-order valence-electron chi connectivity index (χ4n) is 2.39. The van der Waals surface area contributed by atoms with Crippen molar-refractivity contribution in [3.63, 3.8) is 0 Å². The molecule has 0 fully saturated rings. The van der Waals surface area contributed by atoms with Crippen molar-refractivity contribution in [1.82, 2.24) is 29.1 Å². The standard InChI is InChI=1S/C14H14N8S/c1-9-8-23-14(19-9)22(15)13-12-17-6-11(21(12)4-3-16-13)10-5-18-20(2)7-10/h3-8H,15H2,1-2H3. The summed E-state index contributed by atoms with van der Waals surface area (Å²) in [6, 6.07) is 0. The zero-order valence-corrected chi connectivity index (χ0v) is 13.4. The van der Waals surface area contributed by atoms with Gasteiger partial charge < -0.3 is 0 Å². The minimum Gasteiger partial charge on any atom is -0.295 e. The number of aryl methyl sites for hydroxylation is 2. The van der Waals surface area contributed by atoms with Crippen LogP contribution in [0.1, 0.15) is 5.69 Å². The largest absolute Gasteiger partial charge is 0.295 e. The van der Waals surface area contributed by atoms with Crippen molar-refractivity contribution < 1.29 is 0 Å². The summed E-state index contributed by atoms with van der Waals surface area (Å²) in [5, 5.41) is 8.29.